The van der Waals surface area contributed by atoms with Crippen molar-refractivity contribution in [2.24, 2.45) is 0 Å². The van der Waals surface area contributed by atoms with Crippen LogP contribution in [0.1, 0.15) is 18.1 Å². The first-order chi connectivity index (χ1) is 9.77. The Hall–Kier alpha value is -1.38. The third kappa shape index (κ3) is 5.14. The van der Waals surface area contributed by atoms with Gasteiger partial charge < -0.3 is 20.3 Å². The Balaban J connectivity index is 2.80. The van der Waals surface area contributed by atoms with Gasteiger partial charge in [0.05, 0.1) is 6.10 Å². The smallest absolute Gasteiger partial charge is 0.428 e. The third-order valence-corrected chi connectivity index (χ3v) is 2.76. The normalized spacial score (nSPS) is 15.0. The molecule has 0 heterocycles. The number of aliphatic hydroxyl groups excluding tert-OH is 2. The highest BCUT2D eigenvalue weighted by Crippen LogP contribution is 2.29. The van der Waals surface area contributed by atoms with Crippen LogP contribution in [0.5, 0.6) is 5.75 Å². The molecule has 0 aliphatic rings. The van der Waals surface area contributed by atoms with Crippen molar-refractivity contribution in [1.82, 2.24) is 5.32 Å². The summed E-state index contributed by atoms with van der Waals surface area (Å²) in [5, 5.41) is 22.4. The van der Waals surface area contributed by atoms with E-state index < -0.39 is 30.5 Å². The van der Waals surface area contributed by atoms with Gasteiger partial charge in [0.2, 0.25) is 0 Å². The molecule has 0 radical (unpaired) electrons. The van der Waals surface area contributed by atoms with Crippen LogP contribution in [0.2, 0.25) is 0 Å². The van der Waals surface area contributed by atoms with Gasteiger partial charge in [-0.25, -0.2) is 0 Å². The molecule has 0 spiro atoms. The summed E-state index contributed by atoms with van der Waals surface area (Å²) in [6.07, 6.45) is -10.8. The SMILES string of the molecule is CNCCC(O)C(O)c1cccc(OC(F)(F)C(F)F)c1. The summed E-state index contributed by atoms with van der Waals surface area (Å²) in [7, 11) is 1.67. The van der Waals surface area contributed by atoms with Gasteiger partial charge in [0.1, 0.15) is 11.9 Å². The summed E-state index contributed by atoms with van der Waals surface area (Å²) in [6, 6.07) is 4.69. The van der Waals surface area contributed by atoms with Crippen molar-refractivity contribution in [3.63, 3.8) is 0 Å². The van der Waals surface area contributed by atoms with E-state index in [0.29, 0.717) is 6.54 Å². The maximum absolute atomic E-state index is 12.8. The molecule has 21 heavy (non-hydrogen) atoms. The number of aliphatic hydroxyl groups is 2. The van der Waals surface area contributed by atoms with Crippen molar-refractivity contribution in [2.45, 2.75) is 31.2 Å². The fraction of sp³-hybridized carbons (Fsp3) is 0.538. The summed E-state index contributed by atoms with van der Waals surface area (Å²) < 4.78 is 53.6. The second-order valence-electron chi connectivity index (χ2n) is 4.44. The van der Waals surface area contributed by atoms with Crippen molar-refractivity contribution in [3.8, 4) is 5.75 Å². The van der Waals surface area contributed by atoms with E-state index in [0.717, 1.165) is 12.1 Å². The zero-order valence-corrected chi connectivity index (χ0v) is 11.3. The molecule has 2 unspecified atom stereocenters. The van der Waals surface area contributed by atoms with Crippen LogP contribution in [-0.4, -0.2) is 42.4 Å². The van der Waals surface area contributed by atoms with Gasteiger partial charge in [0, 0.05) is 0 Å². The minimum Gasteiger partial charge on any atom is -0.428 e. The lowest BCUT2D eigenvalue weighted by atomic mass is 10.0. The maximum atomic E-state index is 12.8. The predicted molar refractivity (Wildman–Crippen MR) is 67.5 cm³/mol. The lowest BCUT2D eigenvalue weighted by Crippen LogP contribution is -2.33. The Morgan fingerprint density at radius 1 is 1.29 bits per heavy atom. The largest absolute Gasteiger partial charge is 0.461 e. The molecule has 3 N–H and O–H groups in total. The van der Waals surface area contributed by atoms with Crippen molar-refractivity contribution in [1.29, 1.82) is 0 Å². The number of hydrogen-bond acceptors (Lipinski definition) is 4. The van der Waals surface area contributed by atoms with E-state index in [4.69, 9.17) is 0 Å². The number of alkyl halides is 4. The fourth-order valence-corrected chi connectivity index (χ4v) is 1.64. The molecule has 8 heteroatoms. The topological polar surface area (TPSA) is 61.7 Å². The van der Waals surface area contributed by atoms with Crippen molar-refractivity contribution in [3.05, 3.63) is 29.8 Å². The van der Waals surface area contributed by atoms with E-state index in [1.807, 2.05) is 0 Å². The molecule has 0 fully saturated rings. The molecule has 0 aliphatic heterocycles. The zero-order chi connectivity index (χ0) is 16.0. The number of halogens is 4. The molecule has 1 aromatic carbocycles. The quantitative estimate of drug-likeness (QED) is 0.642. The van der Waals surface area contributed by atoms with Gasteiger partial charge in [-0.15, -0.1) is 0 Å². The molecule has 1 aromatic rings. The van der Waals surface area contributed by atoms with Gasteiger partial charge in [-0.05, 0) is 37.7 Å². The van der Waals surface area contributed by atoms with Crippen LogP contribution >= 0.6 is 0 Å². The van der Waals surface area contributed by atoms with Crippen LogP contribution in [0.3, 0.4) is 0 Å². The first-order valence-corrected chi connectivity index (χ1v) is 6.23. The Kier molecular flexibility index (Phi) is 6.38. The summed E-state index contributed by atoms with van der Waals surface area (Å²) in [5.41, 5.74) is 0.0983. The van der Waals surface area contributed by atoms with Crippen molar-refractivity contribution >= 4 is 0 Å². The van der Waals surface area contributed by atoms with E-state index >= 15 is 0 Å². The van der Waals surface area contributed by atoms with Crippen LogP contribution in [0.15, 0.2) is 24.3 Å². The fourth-order valence-electron chi connectivity index (χ4n) is 1.64. The standard InChI is InChI=1S/C13H17F4NO3/c1-18-6-5-10(19)11(20)8-3-2-4-9(7-8)21-13(16,17)12(14)15/h2-4,7,10-12,18-20H,5-6H2,1H3. The summed E-state index contributed by atoms with van der Waals surface area (Å²) in [4.78, 5) is 0. The first-order valence-electron chi connectivity index (χ1n) is 6.23. The third-order valence-electron chi connectivity index (χ3n) is 2.76. The highest BCUT2D eigenvalue weighted by atomic mass is 19.3. The molecule has 2 atom stereocenters. The average molecular weight is 311 g/mol. The molecule has 0 bridgehead atoms. The first kappa shape index (κ1) is 17.7. The number of ether oxygens (including phenoxy) is 1. The van der Waals surface area contributed by atoms with Crippen molar-refractivity contribution < 1.29 is 32.5 Å². The number of rotatable bonds is 8. The molecule has 1 rings (SSSR count). The van der Waals surface area contributed by atoms with Gasteiger partial charge in [0.25, 0.3) is 0 Å². The summed E-state index contributed by atoms with van der Waals surface area (Å²) >= 11 is 0. The van der Waals surface area contributed by atoms with Gasteiger partial charge in [-0.2, -0.15) is 17.6 Å². The van der Waals surface area contributed by atoms with E-state index in [-0.39, 0.29) is 12.0 Å². The monoisotopic (exact) mass is 311 g/mol. The molecule has 0 amide bonds. The predicted octanol–water partition coefficient (Wildman–Crippen LogP) is 1.93. The van der Waals surface area contributed by atoms with Crippen LogP contribution in [0.4, 0.5) is 17.6 Å². The number of benzene rings is 1. The van der Waals surface area contributed by atoms with E-state index in [1.165, 1.54) is 12.1 Å². The highest BCUT2D eigenvalue weighted by molar-refractivity contribution is 5.30. The second kappa shape index (κ2) is 7.58. The van der Waals surface area contributed by atoms with E-state index in [9.17, 15) is 27.8 Å². The highest BCUT2D eigenvalue weighted by Gasteiger charge is 2.44. The van der Waals surface area contributed by atoms with Crippen LogP contribution in [-0.2, 0) is 0 Å². The maximum Gasteiger partial charge on any atom is 0.461 e. The zero-order valence-electron chi connectivity index (χ0n) is 11.3. The lowest BCUT2D eigenvalue weighted by molar-refractivity contribution is -0.253. The molecule has 0 saturated carbocycles. The van der Waals surface area contributed by atoms with Gasteiger partial charge in [-0.1, -0.05) is 12.1 Å². The molecule has 0 aliphatic carbocycles. The molecular weight excluding hydrogens is 294 g/mol. The lowest BCUT2D eigenvalue weighted by Gasteiger charge is -2.20. The van der Waals surface area contributed by atoms with Crippen molar-refractivity contribution in [2.75, 3.05) is 13.6 Å². The van der Waals surface area contributed by atoms with Gasteiger partial charge >= 0.3 is 12.5 Å². The summed E-state index contributed by atoms with van der Waals surface area (Å²) in [5.74, 6) is -0.516. The molecule has 0 aromatic heterocycles. The van der Waals surface area contributed by atoms with Crippen LogP contribution in [0.25, 0.3) is 0 Å². The van der Waals surface area contributed by atoms with E-state index in [1.54, 1.807) is 7.05 Å². The summed E-state index contributed by atoms with van der Waals surface area (Å²) in [6.45, 7) is 0.442. The molecule has 0 saturated heterocycles. The Labute approximate surface area is 119 Å². The number of hydrogen-bond donors (Lipinski definition) is 3. The second-order valence-corrected chi connectivity index (χ2v) is 4.44. The number of nitrogens with one attached hydrogen (secondary N) is 1. The van der Waals surface area contributed by atoms with E-state index in [2.05, 4.69) is 10.1 Å². The average Bonchev–Trinajstić information content (AvgIpc) is 2.43. The van der Waals surface area contributed by atoms with Gasteiger partial charge in [-0.3, -0.25) is 0 Å². The van der Waals surface area contributed by atoms with Crippen LogP contribution < -0.4 is 10.1 Å². The van der Waals surface area contributed by atoms with Gasteiger partial charge in [0.15, 0.2) is 0 Å². The molecule has 4 nitrogen and oxygen atoms in total. The Morgan fingerprint density at radius 3 is 2.52 bits per heavy atom. The van der Waals surface area contributed by atoms with Crippen LogP contribution in [0, 0.1) is 0 Å². The minimum absolute atomic E-state index is 0.0983. The molecular formula is C13H17F4NO3. The minimum atomic E-state index is -4.62. The molecule has 120 valence electrons. The Bertz CT molecular complexity index is 445. The Morgan fingerprint density at radius 2 is 1.95 bits per heavy atom.